The van der Waals surface area contributed by atoms with Gasteiger partial charge in [0.05, 0.1) is 0 Å². The van der Waals surface area contributed by atoms with Crippen molar-refractivity contribution in [2.24, 2.45) is 5.41 Å². The third-order valence-electron chi connectivity index (χ3n) is 3.46. The van der Waals surface area contributed by atoms with Crippen LogP contribution < -0.4 is 0 Å². The highest BCUT2D eigenvalue weighted by atomic mass is 35.5. The topological polar surface area (TPSA) is 29.5 Å². The van der Waals surface area contributed by atoms with Gasteiger partial charge in [0.15, 0.2) is 0 Å². The maximum Gasteiger partial charge on any atom is 0.237 e. The smallest absolute Gasteiger partial charge is 0.237 e. The monoisotopic (exact) mass is 217 g/mol. The lowest BCUT2D eigenvalue weighted by Crippen LogP contribution is -2.36. The van der Waals surface area contributed by atoms with E-state index in [-0.39, 0.29) is 11.8 Å². The molecule has 1 spiro atoms. The number of hydrogen-bond acceptors (Lipinski definition) is 2. The Labute approximate surface area is 89.4 Å². The standard InChI is InChI=1S/C10H16ClNO2/c11-7-9(13)12-4-1-10(8-12)2-5-14-6-3-10/h1-8H2. The van der Waals surface area contributed by atoms with Crippen LogP contribution in [0.25, 0.3) is 0 Å². The number of amides is 1. The number of halogens is 1. The van der Waals surface area contributed by atoms with Gasteiger partial charge in [0.25, 0.3) is 0 Å². The lowest BCUT2D eigenvalue weighted by molar-refractivity contribution is -0.128. The van der Waals surface area contributed by atoms with Crippen molar-refractivity contribution < 1.29 is 9.53 Å². The van der Waals surface area contributed by atoms with Crippen LogP contribution in [0.2, 0.25) is 0 Å². The molecule has 0 aromatic carbocycles. The molecule has 0 bridgehead atoms. The number of hydrogen-bond donors (Lipinski definition) is 0. The quantitative estimate of drug-likeness (QED) is 0.619. The van der Waals surface area contributed by atoms with Gasteiger partial charge >= 0.3 is 0 Å². The highest BCUT2D eigenvalue weighted by molar-refractivity contribution is 6.27. The molecule has 80 valence electrons. The average molecular weight is 218 g/mol. The summed E-state index contributed by atoms with van der Waals surface area (Å²) >= 11 is 5.54. The Hall–Kier alpha value is -0.280. The van der Waals surface area contributed by atoms with Crippen LogP contribution in [0.15, 0.2) is 0 Å². The SMILES string of the molecule is O=C(CCl)N1CCC2(CCOCC2)C1. The van der Waals surface area contributed by atoms with Gasteiger partial charge in [-0.15, -0.1) is 11.6 Å². The van der Waals surface area contributed by atoms with E-state index in [9.17, 15) is 4.79 Å². The molecule has 2 rings (SSSR count). The van der Waals surface area contributed by atoms with Gasteiger partial charge in [-0.2, -0.15) is 0 Å². The van der Waals surface area contributed by atoms with Crippen molar-refractivity contribution in [3.63, 3.8) is 0 Å². The van der Waals surface area contributed by atoms with Crippen LogP contribution in [0, 0.1) is 5.41 Å². The Morgan fingerprint density at radius 2 is 2.07 bits per heavy atom. The van der Waals surface area contributed by atoms with Crippen molar-refractivity contribution in [1.29, 1.82) is 0 Å². The van der Waals surface area contributed by atoms with E-state index in [0.717, 1.165) is 45.6 Å². The third-order valence-corrected chi connectivity index (χ3v) is 3.69. The molecule has 2 aliphatic rings. The first-order valence-corrected chi connectivity index (χ1v) is 5.71. The molecule has 0 unspecified atom stereocenters. The maximum absolute atomic E-state index is 11.4. The zero-order valence-electron chi connectivity index (χ0n) is 8.30. The average Bonchev–Trinajstić information content (AvgIpc) is 2.62. The molecule has 2 saturated heterocycles. The first-order chi connectivity index (χ1) is 6.76. The van der Waals surface area contributed by atoms with Gasteiger partial charge in [-0.25, -0.2) is 0 Å². The molecule has 2 fully saturated rings. The summed E-state index contributed by atoms with van der Waals surface area (Å²) in [5.74, 6) is 0.196. The lowest BCUT2D eigenvalue weighted by atomic mass is 9.80. The summed E-state index contributed by atoms with van der Waals surface area (Å²) in [5, 5.41) is 0. The molecule has 0 atom stereocenters. The molecule has 0 aliphatic carbocycles. The molecule has 0 radical (unpaired) electrons. The Morgan fingerprint density at radius 3 is 2.71 bits per heavy atom. The van der Waals surface area contributed by atoms with Gasteiger partial charge in [-0.1, -0.05) is 0 Å². The fraction of sp³-hybridized carbons (Fsp3) is 0.900. The van der Waals surface area contributed by atoms with Crippen LogP contribution in [0.1, 0.15) is 19.3 Å². The predicted molar refractivity (Wildman–Crippen MR) is 54.4 cm³/mol. The van der Waals surface area contributed by atoms with Crippen molar-refractivity contribution in [1.82, 2.24) is 4.90 Å². The summed E-state index contributed by atoms with van der Waals surface area (Å²) in [7, 11) is 0. The number of carbonyl (C=O) groups excluding carboxylic acids is 1. The normalized spacial score (nSPS) is 25.6. The highest BCUT2D eigenvalue weighted by Gasteiger charge is 2.40. The van der Waals surface area contributed by atoms with E-state index in [2.05, 4.69) is 0 Å². The molecule has 2 heterocycles. The molecule has 0 N–H and O–H groups in total. The second kappa shape index (κ2) is 4.07. The summed E-state index contributed by atoms with van der Waals surface area (Å²) < 4.78 is 5.35. The van der Waals surface area contributed by atoms with Crippen LogP contribution in [-0.4, -0.2) is 43.0 Å². The summed E-state index contributed by atoms with van der Waals surface area (Å²) in [5.41, 5.74) is 0.347. The molecule has 0 aromatic rings. The van der Waals surface area contributed by atoms with Gasteiger partial charge in [0.2, 0.25) is 5.91 Å². The maximum atomic E-state index is 11.4. The number of ether oxygens (including phenoxy) is 1. The molecular weight excluding hydrogens is 202 g/mol. The zero-order chi connectivity index (χ0) is 10.0. The second-order valence-corrected chi connectivity index (χ2v) is 4.58. The number of nitrogens with zero attached hydrogens (tertiary/aromatic N) is 1. The zero-order valence-corrected chi connectivity index (χ0v) is 9.05. The van der Waals surface area contributed by atoms with E-state index >= 15 is 0 Å². The van der Waals surface area contributed by atoms with E-state index in [4.69, 9.17) is 16.3 Å². The molecule has 3 nitrogen and oxygen atoms in total. The minimum absolute atomic E-state index is 0.0787. The second-order valence-electron chi connectivity index (χ2n) is 4.31. The fourth-order valence-corrected chi connectivity index (χ4v) is 2.61. The molecule has 0 aromatic heterocycles. The first-order valence-electron chi connectivity index (χ1n) is 5.17. The Balaban J connectivity index is 1.95. The van der Waals surface area contributed by atoms with Crippen LogP contribution in [-0.2, 0) is 9.53 Å². The summed E-state index contributed by atoms with van der Waals surface area (Å²) in [6.07, 6.45) is 3.32. The van der Waals surface area contributed by atoms with Gasteiger partial charge in [-0.3, -0.25) is 4.79 Å². The van der Waals surface area contributed by atoms with Crippen LogP contribution in [0.3, 0.4) is 0 Å². The third kappa shape index (κ3) is 1.89. The van der Waals surface area contributed by atoms with E-state index in [1.807, 2.05) is 4.90 Å². The number of rotatable bonds is 1. The molecule has 0 saturated carbocycles. The van der Waals surface area contributed by atoms with Gasteiger partial charge in [0, 0.05) is 26.3 Å². The number of alkyl halides is 1. The van der Waals surface area contributed by atoms with Crippen molar-refractivity contribution in [2.45, 2.75) is 19.3 Å². The number of likely N-dealkylation sites (tertiary alicyclic amines) is 1. The van der Waals surface area contributed by atoms with Gasteiger partial charge in [-0.05, 0) is 24.7 Å². The largest absolute Gasteiger partial charge is 0.381 e. The van der Waals surface area contributed by atoms with Crippen molar-refractivity contribution in [2.75, 3.05) is 32.2 Å². The van der Waals surface area contributed by atoms with Crippen molar-refractivity contribution in [3.8, 4) is 0 Å². The number of carbonyl (C=O) groups is 1. The van der Waals surface area contributed by atoms with Crippen molar-refractivity contribution >= 4 is 17.5 Å². The lowest BCUT2D eigenvalue weighted by Gasteiger charge is -2.33. The van der Waals surface area contributed by atoms with E-state index < -0.39 is 0 Å². The molecule has 4 heteroatoms. The van der Waals surface area contributed by atoms with E-state index in [1.54, 1.807) is 0 Å². The Kier molecular flexibility index (Phi) is 2.98. The van der Waals surface area contributed by atoms with Crippen LogP contribution in [0.4, 0.5) is 0 Å². The summed E-state index contributed by atoms with van der Waals surface area (Å²) in [6.45, 7) is 3.47. The summed E-state index contributed by atoms with van der Waals surface area (Å²) in [6, 6.07) is 0. The summed E-state index contributed by atoms with van der Waals surface area (Å²) in [4.78, 5) is 13.3. The van der Waals surface area contributed by atoms with E-state index in [1.165, 1.54) is 0 Å². The Bertz CT molecular complexity index is 226. The van der Waals surface area contributed by atoms with Gasteiger partial charge in [0.1, 0.15) is 5.88 Å². The minimum atomic E-state index is 0.0787. The van der Waals surface area contributed by atoms with Gasteiger partial charge < -0.3 is 9.64 Å². The van der Waals surface area contributed by atoms with Crippen molar-refractivity contribution in [3.05, 3.63) is 0 Å². The molecular formula is C10H16ClNO2. The molecule has 1 amide bonds. The first kappa shape index (κ1) is 10.2. The van der Waals surface area contributed by atoms with Crippen LogP contribution >= 0.6 is 11.6 Å². The molecule has 14 heavy (non-hydrogen) atoms. The molecule has 2 aliphatic heterocycles. The minimum Gasteiger partial charge on any atom is -0.381 e. The van der Waals surface area contributed by atoms with E-state index in [0.29, 0.717) is 5.41 Å². The predicted octanol–water partition coefficient (Wildman–Crippen LogP) is 1.25. The fourth-order valence-electron chi connectivity index (χ4n) is 2.45. The van der Waals surface area contributed by atoms with Crippen LogP contribution in [0.5, 0.6) is 0 Å². The Morgan fingerprint density at radius 1 is 1.36 bits per heavy atom. The highest BCUT2D eigenvalue weighted by Crippen LogP contribution is 2.39.